The molecule has 0 N–H and O–H groups in total. The molecule has 2 aromatic rings. The van der Waals surface area contributed by atoms with Crippen molar-refractivity contribution in [3.63, 3.8) is 0 Å². The quantitative estimate of drug-likeness (QED) is 0.715. The second kappa shape index (κ2) is 5.57. The molecule has 2 aromatic carbocycles. The SMILES string of the molecule is Cc1ccccc1Cc1ccccc1.Cl. The molecule has 0 radical (unpaired) electrons. The van der Waals surface area contributed by atoms with Crippen molar-refractivity contribution in [2.24, 2.45) is 0 Å². The summed E-state index contributed by atoms with van der Waals surface area (Å²) in [6.45, 7) is 2.16. The lowest BCUT2D eigenvalue weighted by Gasteiger charge is -2.04. The number of halogens is 1. The van der Waals surface area contributed by atoms with Crippen LogP contribution in [0.5, 0.6) is 0 Å². The van der Waals surface area contributed by atoms with Gasteiger partial charge in [-0.1, -0.05) is 54.6 Å². The number of hydrogen-bond donors (Lipinski definition) is 0. The smallest absolute Gasteiger partial charge is 0.00232 e. The van der Waals surface area contributed by atoms with E-state index >= 15 is 0 Å². The molecule has 0 saturated carbocycles. The Bertz CT molecular complexity index is 407. The van der Waals surface area contributed by atoms with Gasteiger partial charge < -0.3 is 0 Å². The molecule has 0 spiro atoms. The highest BCUT2D eigenvalue weighted by Crippen LogP contribution is 2.12. The van der Waals surface area contributed by atoms with Gasteiger partial charge in [-0.2, -0.15) is 0 Å². The third kappa shape index (κ3) is 3.10. The van der Waals surface area contributed by atoms with E-state index in [4.69, 9.17) is 0 Å². The molecule has 1 heteroatoms. The van der Waals surface area contributed by atoms with Crippen LogP contribution in [0.15, 0.2) is 54.6 Å². The van der Waals surface area contributed by atoms with Crippen LogP contribution in [0.3, 0.4) is 0 Å². The van der Waals surface area contributed by atoms with E-state index in [0.717, 1.165) is 6.42 Å². The van der Waals surface area contributed by atoms with Gasteiger partial charge in [-0.15, -0.1) is 12.4 Å². The predicted octanol–water partition coefficient (Wildman–Crippen LogP) is 4.01. The number of hydrogen-bond acceptors (Lipinski definition) is 0. The fourth-order valence-electron chi connectivity index (χ4n) is 1.62. The van der Waals surface area contributed by atoms with Crippen molar-refractivity contribution in [1.29, 1.82) is 0 Å². The van der Waals surface area contributed by atoms with E-state index < -0.39 is 0 Å². The molecule has 0 fully saturated rings. The summed E-state index contributed by atoms with van der Waals surface area (Å²) in [5, 5.41) is 0. The van der Waals surface area contributed by atoms with E-state index in [1.54, 1.807) is 0 Å². The molecule has 0 aromatic heterocycles. The van der Waals surface area contributed by atoms with Crippen LogP contribution < -0.4 is 0 Å². The fraction of sp³-hybridized carbons (Fsp3) is 0.143. The molecule has 0 bridgehead atoms. The van der Waals surface area contributed by atoms with Gasteiger partial charge in [0.2, 0.25) is 0 Å². The molecular formula is C14H15Cl. The van der Waals surface area contributed by atoms with E-state index in [1.165, 1.54) is 16.7 Å². The monoisotopic (exact) mass is 218 g/mol. The second-order valence-electron chi connectivity index (χ2n) is 3.59. The first-order chi connectivity index (χ1) is 6.86. The van der Waals surface area contributed by atoms with Gasteiger partial charge in [0.15, 0.2) is 0 Å². The standard InChI is InChI=1S/C14H14.ClH/c1-12-7-5-6-10-14(12)11-13-8-3-2-4-9-13;/h2-10H,11H2,1H3;1H. The lowest BCUT2D eigenvalue weighted by molar-refractivity contribution is 1.16. The highest BCUT2D eigenvalue weighted by molar-refractivity contribution is 5.85. The Morgan fingerprint density at radius 3 is 2.07 bits per heavy atom. The zero-order valence-corrected chi connectivity index (χ0v) is 9.63. The van der Waals surface area contributed by atoms with E-state index in [-0.39, 0.29) is 12.4 Å². The summed E-state index contributed by atoms with van der Waals surface area (Å²) in [7, 11) is 0. The molecule has 0 atom stereocenters. The van der Waals surface area contributed by atoms with E-state index in [0.29, 0.717) is 0 Å². The second-order valence-corrected chi connectivity index (χ2v) is 3.59. The van der Waals surface area contributed by atoms with Crippen molar-refractivity contribution < 1.29 is 0 Å². The van der Waals surface area contributed by atoms with Crippen LogP contribution in [0, 0.1) is 6.92 Å². The molecule has 0 saturated heterocycles. The van der Waals surface area contributed by atoms with Crippen molar-refractivity contribution in [3.05, 3.63) is 71.3 Å². The van der Waals surface area contributed by atoms with Gasteiger partial charge in [-0.3, -0.25) is 0 Å². The van der Waals surface area contributed by atoms with Crippen LogP contribution in [0.2, 0.25) is 0 Å². The number of aryl methyl sites for hydroxylation is 1. The summed E-state index contributed by atoms with van der Waals surface area (Å²) in [5.74, 6) is 0. The number of rotatable bonds is 2. The average Bonchev–Trinajstić information content (AvgIpc) is 2.23. The molecule has 0 aliphatic heterocycles. The lowest BCUT2D eigenvalue weighted by Crippen LogP contribution is -1.90. The average molecular weight is 219 g/mol. The summed E-state index contributed by atoms with van der Waals surface area (Å²) in [4.78, 5) is 0. The zero-order chi connectivity index (χ0) is 9.80. The first-order valence-electron chi connectivity index (χ1n) is 4.95. The molecule has 0 aliphatic rings. The van der Waals surface area contributed by atoms with Gasteiger partial charge in [0, 0.05) is 0 Å². The predicted molar refractivity (Wildman–Crippen MR) is 67.7 cm³/mol. The Labute approximate surface area is 97.4 Å². The van der Waals surface area contributed by atoms with E-state index in [1.807, 2.05) is 0 Å². The third-order valence-corrected chi connectivity index (χ3v) is 2.50. The zero-order valence-electron chi connectivity index (χ0n) is 8.81. The Morgan fingerprint density at radius 2 is 1.40 bits per heavy atom. The van der Waals surface area contributed by atoms with Crippen LogP contribution >= 0.6 is 12.4 Å². The Kier molecular flexibility index (Phi) is 4.38. The molecule has 0 aliphatic carbocycles. The molecule has 0 nitrogen and oxygen atoms in total. The largest absolute Gasteiger partial charge is 0.147 e. The minimum absolute atomic E-state index is 0. The Morgan fingerprint density at radius 1 is 0.800 bits per heavy atom. The highest BCUT2D eigenvalue weighted by Gasteiger charge is 1.97. The summed E-state index contributed by atoms with van der Waals surface area (Å²) < 4.78 is 0. The maximum absolute atomic E-state index is 2.20. The van der Waals surface area contributed by atoms with Gasteiger partial charge in [-0.25, -0.2) is 0 Å². The van der Waals surface area contributed by atoms with Crippen molar-refractivity contribution in [2.75, 3.05) is 0 Å². The van der Waals surface area contributed by atoms with E-state index in [9.17, 15) is 0 Å². The first-order valence-corrected chi connectivity index (χ1v) is 4.95. The molecule has 0 amide bonds. The van der Waals surface area contributed by atoms with Crippen LogP contribution in [0.25, 0.3) is 0 Å². The number of benzene rings is 2. The fourth-order valence-corrected chi connectivity index (χ4v) is 1.62. The molecule has 78 valence electrons. The van der Waals surface area contributed by atoms with Crippen LogP contribution in [0.1, 0.15) is 16.7 Å². The lowest BCUT2D eigenvalue weighted by atomic mass is 10.0. The van der Waals surface area contributed by atoms with Crippen LogP contribution in [-0.4, -0.2) is 0 Å². The normalized spacial score (nSPS) is 9.40. The summed E-state index contributed by atoms with van der Waals surface area (Å²) in [6, 6.07) is 19.1. The molecule has 0 unspecified atom stereocenters. The van der Waals surface area contributed by atoms with Crippen LogP contribution in [0.4, 0.5) is 0 Å². The topological polar surface area (TPSA) is 0 Å². The van der Waals surface area contributed by atoms with Gasteiger partial charge in [0.05, 0.1) is 0 Å². The van der Waals surface area contributed by atoms with Gasteiger partial charge in [0.25, 0.3) is 0 Å². The summed E-state index contributed by atoms with van der Waals surface area (Å²) >= 11 is 0. The van der Waals surface area contributed by atoms with Crippen LogP contribution in [-0.2, 0) is 6.42 Å². The van der Waals surface area contributed by atoms with Crippen molar-refractivity contribution in [3.8, 4) is 0 Å². The highest BCUT2D eigenvalue weighted by atomic mass is 35.5. The van der Waals surface area contributed by atoms with E-state index in [2.05, 4.69) is 61.5 Å². The maximum Gasteiger partial charge on any atom is -0.00232 e. The van der Waals surface area contributed by atoms with Crippen molar-refractivity contribution in [2.45, 2.75) is 13.3 Å². The molecule has 0 heterocycles. The summed E-state index contributed by atoms with van der Waals surface area (Å²) in [5.41, 5.74) is 4.16. The van der Waals surface area contributed by atoms with Gasteiger partial charge in [-0.05, 0) is 30.0 Å². The first kappa shape index (κ1) is 11.8. The Balaban J connectivity index is 0.00000112. The summed E-state index contributed by atoms with van der Waals surface area (Å²) in [6.07, 6.45) is 1.04. The maximum atomic E-state index is 2.20. The van der Waals surface area contributed by atoms with Gasteiger partial charge in [0.1, 0.15) is 0 Å². The van der Waals surface area contributed by atoms with Crippen molar-refractivity contribution >= 4 is 12.4 Å². The molecular weight excluding hydrogens is 204 g/mol. The van der Waals surface area contributed by atoms with Gasteiger partial charge >= 0.3 is 0 Å². The van der Waals surface area contributed by atoms with Crippen molar-refractivity contribution in [1.82, 2.24) is 0 Å². The molecule has 2 rings (SSSR count). The third-order valence-electron chi connectivity index (χ3n) is 2.50. The Hall–Kier alpha value is -1.27. The minimum atomic E-state index is 0. The minimum Gasteiger partial charge on any atom is -0.147 e. The molecule has 15 heavy (non-hydrogen) atoms.